The SMILES string of the molecule is CCCOc1ccc(/C=C(\NC(=O)c2ccccc2)C(=O)N/N=C(\C)c2ccc(Br)cc2)cc1. The fraction of sp³-hybridized carbons (Fsp3) is 0.148. The zero-order valence-electron chi connectivity index (χ0n) is 19.0. The van der Waals surface area contributed by atoms with E-state index >= 15 is 0 Å². The lowest BCUT2D eigenvalue weighted by Gasteiger charge is -2.10. The van der Waals surface area contributed by atoms with Gasteiger partial charge in [0.2, 0.25) is 0 Å². The first kappa shape index (κ1) is 24.9. The highest BCUT2D eigenvalue weighted by Gasteiger charge is 2.14. The molecule has 7 heteroatoms. The molecule has 0 heterocycles. The fourth-order valence-electron chi connectivity index (χ4n) is 2.94. The van der Waals surface area contributed by atoms with Crippen LogP contribution in [0.1, 0.15) is 41.8 Å². The van der Waals surface area contributed by atoms with Gasteiger partial charge in [-0.05, 0) is 66.9 Å². The van der Waals surface area contributed by atoms with Gasteiger partial charge in [0, 0.05) is 10.0 Å². The number of nitrogens with one attached hydrogen (secondary N) is 2. The van der Waals surface area contributed by atoms with Crippen LogP contribution in [0.15, 0.2) is 94.1 Å². The molecule has 0 aliphatic carbocycles. The van der Waals surface area contributed by atoms with Crippen LogP contribution < -0.4 is 15.5 Å². The number of hydrogen-bond acceptors (Lipinski definition) is 4. The Balaban J connectivity index is 1.82. The van der Waals surface area contributed by atoms with Gasteiger partial charge in [-0.1, -0.05) is 65.3 Å². The summed E-state index contributed by atoms with van der Waals surface area (Å²) in [5.74, 6) is -0.182. The van der Waals surface area contributed by atoms with Gasteiger partial charge in [0.15, 0.2) is 0 Å². The van der Waals surface area contributed by atoms with Gasteiger partial charge in [-0.3, -0.25) is 9.59 Å². The minimum absolute atomic E-state index is 0.0726. The number of carbonyl (C=O) groups excluding carboxylic acids is 2. The van der Waals surface area contributed by atoms with Gasteiger partial charge in [-0.2, -0.15) is 5.10 Å². The van der Waals surface area contributed by atoms with Crippen LogP contribution in [-0.2, 0) is 4.79 Å². The number of halogens is 1. The third-order valence-corrected chi connectivity index (χ3v) is 5.31. The number of hydrogen-bond donors (Lipinski definition) is 2. The van der Waals surface area contributed by atoms with E-state index in [1.807, 2.05) is 61.5 Å². The van der Waals surface area contributed by atoms with Crippen molar-refractivity contribution in [3.63, 3.8) is 0 Å². The first-order valence-corrected chi connectivity index (χ1v) is 11.7. The topological polar surface area (TPSA) is 79.8 Å². The highest BCUT2D eigenvalue weighted by molar-refractivity contribution is 9.10. The normalized spacial score (nSPS) is 11.6. The Morgan fingerprint density at radius 3 is 2.26 bits per heavy atom. The molecule has 3 aromatic carbocycles. The van der Waals surface area contributed by atoms with Crippen LogP contribution in [0.5, 0.6) is 5.75 Å². The largest absolute Gasteiger partial charge is 0.494 e. The zero-order valence-corrected chi connectivity index (χ0v) is 20.6. The van der Waals surface area contributed by atoms with Crippen LogP contribution in [0.25, 0.3) is 6.08 Å². The van der Waals surface area contributed by atoms with Crippen molar-refractivity contribution in [2.75, 3.05) is 6.61 Å². The first-order valence-electron chi connectivity index (χ1n) is 10.9. The number of hydrazone groups is 1. The number of rotatable bonds is 9. The molecule has 2 amide bonds. The van der Waals surface area contributed by atoms with Crippen molar-refractivity contribution in [2.24, 2.45) is 5.10 Å². The Hall–Kier alpha value is -3.71. The summed E-state index contributed by atoms with van der Waals surface area (Å²) < 4.78 is 6.56. The summed E-state index contributed by atoms with van der Waals surface area (Å²) in [6.07, 6.45) is 2.52. The summed E-state index contributed by atoms with van der Waals surface area (Å²) in [4.78, 5) is 25.7. The average molecular weight is 520 g/mol. The average Bonchev–Trinajstić information content (AvgIpc) is 2.87. The molecule has 2 N–H and O–H groups in total. The quantitative estimate of drug-likeness (QED) is 0.221. The van der Waals surface area contributed by atoms with Crippen molar-refractivity contribution in [2.45, 2.75) is 20.3 Å². The number of carbonyl (C=O) groups is 2. The lowest BCUT2D eigenvalue weighted by Crippen LogP contribution is -2.33. The van der Waals surface area contributed by atoms with Crippen molar-refractivity contribution in [1.82, 2.24) is 10.7 Å². The van der Waals surface area contributed by atoms with E-state index in [2.05, 4.69) is 31.8 Å². The summed E-state index contributed by atoms with van der Waals surface area (Å²) in [6, 6.07) is 23.6. The smallest absolute Gasteiger partial charge is 0.287 e. The molecule has 6 nitrogen and oxygen atoms in total. The molecular weight excluding hydrogens is 494 g/mol. The predicted molar refractivity (Wildman–Crippen MR) is 139 cm³/mol. The molecule has 0 aliphatic heterocycles. The third-order valence-electron chi connectivity index (χ3n) is 4.78. The Kier molecular flexibility index (Phi) is 9.17. The Morgan fingerprint density at radius 2 is 1.62 bits per heavy atom. The van der Waals surface area contributed by atoms with Gasteiger partial charge in [0.05, 0.1) is 12.3 Å². The highest BCUT2D eigenvalue weighted by atomic mass is 79.9. The van der Waals surface area contributed by atoms with Crippen LogP contribution in [-0.4, -0.2) is 24.1 Å². The van der Waals surface area contributed by atoms with Crippen LogP contribution in [0.2, 0.25) is 0 Å². The van der Waals surface area contributed by atoms with E-state index in [1.165, 1.54) is 0 Å². The molecule has 174 valence electrons. The van der Waals surface area contributed by atoms with Gasteiger partial charge in [-0.25, -0.2) is 5.43 Å². The maximum atomic E-state index is 13.0. The molecule has 0 aromatic heterocycles. The summed E-state index contributed by atoms with van der Waals surface area (Å²) >= 11 is 3.40. The third kappa shape index (κ3) is 7.42. The van der Waals surface area contributed by atoms with Gasteiger partial charge in [0.25, 0.3) is 11.8 Å². The monoisotopic (exact) mass is 519 g/mol. The van der Waals surface area contributed by atoms with Crippen molar-refractivity contribution >= 4 is 39.5 Å². The molecule has 0 fully saturated rings. The van der Waals surface area contributed by atoms with Crippen LogP contribution in [0, 0.1) is 0 Å². The van der Waals surface area contributed by atoms with Crippen molar-refractivity contribution in [1.29, 1.82) is 0 Å². The molecular formula is C27H26BrN3O3. The number of benzene rings is 3. The van der Waals surface area contributed by atoms with E-state index in [4.69, 9.17) is 4.74 Å². The summed E-state index contributed by atoms with van der Waals surface area (Å²) in [7, 11) is 0. The van der Waals surface area contributed by atoms with Crippen LogP contribution in [0.3, 0.4) is 0 Å². The standard InChI is InChI=1S/C27H26BrN3O3/c1-3-17-34-24-15-9-20(10-16-24)18-25(29-26(32)22-7-5-4-6-8-22)27(33)31-30-19(2)21-11-13-23(28)14-12-21/h4-16,18H,3,17H2,1-2H3,(H,29,32)(H,31,33)/b25-18-,30-19+. The predicted octanol–water partition coefficient (Wildman–Crippen LogP) is 5.55. The summed E-state index contributed by atoms with van der Waals surface area (Å²) in [5, 5.41) is 6.91. The van der Waals surface area contributed by atoms with Crippen LogP contribution >= 0.6 is 15.9 Å². The molecule has 0 saturated heterocycles. The summed E-state index contributed by atoms with van der Waals surface area (Å²) in [5.41, 5.74) is 5.29. The number of amides is 2. The number of nitrogens with zero attached hydrogens (tertiary/aromatic N) is 1. The molecule has 3 aromatic rings. The fourth-order valence-corrected chi connectivity index (χ4v) is 3.20. The van der Waals surface area contributed by atoms with Crippen molar-refractivity contribution in [3.05, 3.63) is 106 Å². The molecule has 0 saturated carbocycles. The van der Waals surface area contributed by atoms with E-state index in [9.17, 15) is 9.59 Å². The van der Waals surface area contributed by atoms with E-state index in [-0.39, 0.29) is 5.70 Å². The Labute approximate surface area is 207 Å². The minimum atomic E-state index is -0.535. The van der Waals surface area contributed by atoms with Gasteiger partial charge < -0.3 is 10.1 Å². The Bertz CT molecular complexity index is 1170. The minimum Gasteiger partial charge on any atom is -0.494 e. The molecule has 0 bridgehead atoms. The molecule has 3 rings (SSSR count). The molecule has 0 radical (unpaired) electrons. The van der Waals surface area contributed by atoms with Gasteiger partial charge in [0.1, 0.15) is 11.4 Å². The molecule has 0 atom stereocenters. The van der Waals surface area contributed by atoms with Crippen molar-refractivity contribution in [3.8, 4) is 5.75 Å². The van der Waals surface area contributed by atoms with Crippen molar-refractivity contribution < 1.29 is 14.3 Å². The number of ether oxygens (including phenoxy) is 1. The van der Waals surface area contributed by atoms with E-state index < -0.39 is 11.8 Å². The lowest BCUT2D eigenvalue weighted by atomic mass is 10.1. The van der Waals surface area contributed by atoms with Gasteiger partial charge >= 0.3 is 0 Å². The molecule has 34 heavy (non-hydrogen) atoms. The van der Waals surface area contributed by atoms with E-state index in [0.29, 0.717) is 17.9 Å². The summed E-state index contributed by atoms with van der Waals surface area (Å²) in [6.45, 7) is 4.47. The second-order valence-corrected chi connectivity index (χ2v) is 8.36. The molecule has 0 aliphatic rings. The second kappa shape index (κ2) is 12.5. The maximum Gasteiger partial charge on any atom is 0.287 e. The first-order chi connectivity index (χ1) is 16.5. The maximum absolute atomic E-state index is 13.0. The Morgan fingerprint density at radius 1 is 0.941 bits per heavy atom. The lowest BCUT2D eigenvalue weighted by molar-refractivity contribution is -0.117. The van der Waals surface area contributed by atoms with E-state index in [0.717, 1.165) is 27.8 Å². The molecule has 0 spiro atoms. The highest BCUT2D eigenvalue weighted by Crippen LogP contribution is 2.15. The van der Waals surface area contributed by atoms with Crippen LogP contribution in [0.4, 0.5) is 0 Å². The second-order valence-electron chi connectivity index (χ2n) is 7.44. The van der Waals surface area contributed by atoms with E-state index in [1.54, 1.807) is 37.3 Å². The van der Waals surface area contributed by atoms with Gasteiger partial charge in [-0.15, -0.1) is 0 Å². The zero-order chi connectivity index (χ0) is 24.3. The molecule has 0 unspecified atom stereocenters.